The van der Waals surface area contributed by atoms with E-state index in [0.717, 1.165) is 37.1 Å². The maximum Gasteiger partial charge on any atom is 0.191 e. The maximum absolute atomic E-state index is 4.66. The molecule has 5 heteroatoms. The average molecular weight is 312 g/mol. The topological polar surface area (TPSA) is 36.4 Å². The Kier molecular flexibility index (Phi) is 9.24. The van der Waals surface area contributed by atoms with Gasteiger partial charge >= 0.3 is 0 Å². The summed E-state index contributed by atoms with van der Waals surface area (Å²) in [5.41, 5.74) is 1.37. The molecule has 1 atom stereocenters. The molecule has 1 rings (SSSR count). The van der Waals surface area contributed by atoms with Crippen LogP contribution in [0.3, 0.4) is 0 Å². The highest BCUT2D eigenvalue weighted by atomic mass is 32.2. The molecule has 1 aromatic rings. The van der Waals surface area contributed by atoms with Crippen molar-refractivity contribution in [1.82, 2.24) is 10.6 Å². The predicted octanol–water partition coefficient (Wildman–Crippen LogP) is 3.33. The van der Waals surface area contributed by atoms with Crippen LogP contribution in [-0.4, -0.2) is 37.1 Å². The number of aliphatic imine (C=N–C) groups is 1. The maximum atomic E-state index is 4.66. The Bertz CT molecular complexity index is 388. The van der Waals surface area contributed by atoms with Gasteiger partial charge in [-0.05, 0) is 29.3 Å². The van der Waals surface area contributed by atoms with E-state index in [4.69, 9.17) is 0 Å². The van der Waals surface area contributed by atoms with Crippen molar-refractivity contribution in [2.24, 2.45) is 4.99 Å². The molecule has 0 saturated carbocycles. The second kappa shape index (κ2) is 10.8. The first-order valence-electron chi connectivity index (χ1n) is 7.00. The van der Waals surface area contributed by atoms with Crippen molar-refractivity contribution in [2.75, 3.05) is 31.1 Å². The van der Waals surface area contributed by atoms with Crippen molar-refractivity contribution < 1.29 is 0 Å². The van der Waals surface area contributed by atoms with Gasteiger partial charge in [-0.3, -0.25) is 4.99 Å². The molecule has 0 spiro atoms. The van der Waals surface area contributed by atoms with Crippen molar-refractivity contribution in [3.05, 3.63) is 35.0 Å². The van der Waals surface area contributed by atoms with Crippen molar-refractivity contribution in [3.8, 4) is 0 Å². The fourth-order valence-corrected chi connectivity index (χ4v) is 3.00. The third kappa shape index (κ3) is 7.01. The fraction of sp³-hybridized carbons (Fsp3) is 0.533. The molecule has 2 N–H and O–H groups in total. The number of rotatable bonds is 9. The molecule has 0 amide bonds. The van der Waals surface area contributed by atoms with Gasteiger partial charge in [-0.25, -0.2) is 0 Å². The summed E-state index contributed by atoms with van der Waals surface area (Å²) in [6.07, 6.45) is 1.94. The minimum absolute atomic E-state index is 0.465. The smallest absolute Gasteiger partial charge is 0.191 e. The molecule has 0 aliphatic rings. The molecule has 0 aliphatic carbocycles. The van der Waals surface area contributed by atoms with Crippen LogP contribution in [0.1, 0.15) is 25.3 Å². The lowest BCUT2D eigenvalue weighted by molar-refractivity contribution is 0.757. The van der Waals surface area contributed by atoms with Crippen molar-refractivity contribution in [2.45, 2.75) is 19.8 Å². The Morgan fingerprint density at radius 2 is 2.40 bits per heavy atom. The zero-order chi connectivity index (χ0) is 14.6. The number of guanidine groups is 1. The molecule has 0 saturated heterocycles. The molecule has 1 aromatic heterocycles. The highest BCUT2D eigenvalue weighted by Crippen LogP contribution is 2.18. The Balaban J connectivity index is 2.35. The highest BCUT2D eigenvalue weighted by Gasteiger charge is 2.05. The van der Waals surface area contributed by atoms with Crippen LogP contribution in [0, 0.1) is 0 Å². The van der Waals surface area contributed by atoms with Gasteiger partial charge in [-0.1, -0.05) is 13.0 Å². The lowest BCUT2D eigenvalue weighted by atomic mass is 10.1. The summed E-state index contributed by atoms with van der Waals surface area (Å²) < 4.78 is 0. The van der Waals surface area contributed by atoms with Gasteiger partial charge in [-0.15, -0.1) is 6.58 Å². The molecule has 0 aliphatic heterocycles. The first kappa shape index (κ1) is 17.1. The van der Waals surface area contributed by atoms with Gasteiger partial charge in [0.05, 0.1) is 0 Å². The molecular weight excluding hydrogens is 286 g/mol. The van der Waals surface area contributed by atoms with Crippen LogP contribution in [0.5, 0.6) is 0 Å². The Morgan fingerprint density at radius 3 is 3.05 bits per heavy atom. The third-order valence-electron chi connectivity index (χ3n) is 2.75. The number of thiophene rings is 1. The zero-order valence-corrected chi connectivity index (χ0v) is 14.0. The summed E-state index contributed by atoms with van der Waals surface area (Å²) in [4.78, 5) is 4.66. The van der Waals surface area contributed by atoms with E-state index in [-0.39, 0.29) is 0 Å². The van der Waals surface area contributed by atoms with Gasteiger partial charge in [0, 0.05) is 37.1 Å². The van der Waals surface area contributed by atoms with Gasteiger partial charge in [-0.2, -0.15) is 23.1 Å². The Morgan fingerprint density at radius 1 is 1.55 bits per heavy atom. The molecule has 0 aromatic carbocycles. The molecule has 1 unspecified atom stereocenters. The first-order chi connectivity index (χ1) is 9.77. The van der Waals surface area contributed by atoms with Crippen LogP contribution < -0.4 is 10.6 Å². The van der Waals surface area contributed by atoms with E-state index in [1.165, 1.54) is 5.56 Å². The summed E-state index contributed by atoms with van der Waals surface area (Å²) in [5.74, 6) is 3.45. The second-order valence-electron chi connectivity index (χ2n) is 4.47. The number of hydrogen-bond acceptors (Lipinski definition) is 3. The van der Waals surface area contributed by atoms with Crippen LogP contribution in [0.4, 0.5) is 0 Å². The molecule has 1 heterocycles. The summed E-state index contributed by atoms with van der Waals surface area (Å²) in [6, 6.07) is 2.18. The van der Waals surface area contributed by atoms with Gasteiger partial charge in [0.1, 0.15) is 0 Å². The fourth-order valence-electron chi connectivity index (χ4n) is 1.64. The number of nitrogens with zero attached hydrogens (tertiary/aromatic N) is 1. The van der Waals surface area contributed by atoms with Crippen LogP contribution in [-0.2, 0) is 0 Å². The normalized spacial score (nSPS) is 13.0. The molecular formula is C15H25N3S2. The summed E-state index contributed by atoms with van der Waals surface area (Å²) in [6.45, 7) is 10.7. The molecule has 112 valence electrons. The van der Waals surface area contributed by atoms with Gasteiger partial charge in [0.25, 0.3) is 0 Å². The number of thioether (sulfide) groups is 1. The highest BCUT2D eigenvalue weighted by molar-refractivity contribution is 7.99. The SMILES string of the molecule is C=CCSCCNC(=NCC(C)c1ccsc1)NCC. The molecule has 3 nitrogen and oxygen atoms in total. The lowest BCUT2D eigenvalue weighted by Gasteiger charge is -2.12. The van der Waals surface area contributed by atoms with E-state index in [9.17, 15) is 0 Å². The monoisotopic (exact) mass is 311 g/mol. The third-order valence-corrected chi connectivity index (χ3v) is 4.42. The van der Waals surface area contributed by atoms with Crippen LogP contribution in [0.2, 0.25) is 0 Å². The standard InChI is InChI=1S/C15H25N3S2/c1-4-8-19-10-7-17-15(16-5-2)18-11-13(3)14-6-9-20-12-14/h4,6,9,12-13H,1,5,7-8,10-11H2,2-3H3,(H2,16,17,18). The van der Waals surface area contributed by atoms with E-state index < -0.39 is 0 Å². The van der Waals surface area contributed by atoms with E-state index in [1.54, 1.807) is 11.3 Å². The van der Waals surface area contributed by atoms with Crippen molar-refractivity contribution >= 4 is 29.1 Å². The molecule has 0 bridgehead atoms. The van der Waals surface area contributed by atoms with E-state index in [1.807, 2.05) is 17.8 Å². The van der Waals surface area contributed by atoms with E-state index in [0.29, 0.717) is 5.92 Å². The van der Waals surface area contributed by atoms with Crippen LogP contribution >= 0.6 is 23.1 Å². The molecule has 20 heavy (non-hydrogen) atoms. The molecule has 0 radical (unpaired) electrons. The Labute approximate surface area is 131 Å². The van der Waals surface area contributed by atoms with Gasteiger partial charge < -0.3 is 10.6 Å². The quantitative estimate of drug-likeness (QED) is 0.318. The van der Waals surface area contributed by atoms with Crippen LogP contribution in [0.15, 0.2) is 34.5 Å². The second-order valence-corrected chi connectivity index (χ2v) is 6.40. The summed E-state index contributed by atoms with van der Waals surface area (Å²) in [7, 11) is 0. The minimum Gasteiger partial charge on any atom is -0.357 e. The van der Waals surface area contributed by atoms with E-state index in [2.05, 4.69) is 52.9 Å². The number of hydrogen-bond donors (Lipinski definition) is 2. The Hall–Kier alpha value is -0.940. The summed E-state index contributed by atoms with van der Waals surface area (Å²) >= 11 is 3.62. The average Bonchev–Trinajstić information content (AvgIpc) is 2.98. The van der Waals surface area contributed by atoms with Crippen LogP contribution in [0.25, 0.3) is 0 Å². The van der Waals surface area contributed by atoms with Crippen molar-refractivity contribution in [3.63, 3.8) is 0 Å². The minimum atomic E-state index is 0.465. The van der Waals surface area contributed by atoms with E-state index >= 15 is 0 Å². The lowest BCUT2D eigenvalue weighted by Crippen LogP contribution is -2.38. The predicted molar refractivity (Wildman–Crippen MR) is 94.2 cm³/mol. The first-order valence-corrected chi connectivity index (χ1v) is 9.10. The number of nitrogens with one attached hydrogen (secondary N) is 2. The van der Waals surface area contributed by atoms with Crippen molar-refractivity contribution in [1.29, 1.82) is 0 Å². The van der Waals surface area contributed by atoms with Gasteiger partial charge in [0.15, 0.2) is 5.96 Å². The largest absolute Gasteiger partial charge is 0.357 e. The molecule has 0 fully saturated rings. The zero-order valence-electron chi connectivity index (χ0n) is 12.4. The summed E-state index contributed by atoms with van der Waals surface area (Å²) in [5, 5.41) is 11.0. The van der Waals surface area contributed by atoms with Gasteiger partial charge in [0.2, 0.25) is 0 Å².